The molecule has 1 atom stereocenters. The number of rotatable bonds is 1. The Balaban J connectivity index is 2.04. The van der Waals surface area contributed by atoms with Crippen LogP contribution in [0.4, 0.5) is 10.5 Å². The molecule has 0 saturated carbocycles. The summed E-state index contributed by atoms with van der Waals surface area (Å²) in [6.45, 7) is 4.34. The van der Waals surface area contributed by atoms with E-state index in [1.165, 1.54) is 0 Å². The minimum Gasteiger partial charge on any atom is -0.319 e. The summed E-state index contributed by atoms with van der Waals surface area (Å²) in [4.78, 5) is 13.9. The maximum atomic E-state index is 12.1. The molecular weight excluding hydrogens is 228 g/mol. The number of nitriles is 1. The van der Waals surface area contributed by atoms with Crippen molar-refractivity contribution in [3.63, 3.8) is 0 Å². The maximum absolute atomic E-state index is 12.1. The second-order valence-corrected chi connectivity index (χ2v) is 4.37. The third kappa shape index (κ3) is 2.79. The van der Waals surface area contributed by atoms with Crippen molar-refractivity contribution in [3.05, 3.63) is 29.8 Å². The summed E-state index contributed by atoms with van der Waals surface area (Å²) < 4.78 is 0. The van der Waals surface area contributed by atoms with Gasteiger partial charge in [0.05, 0.1) is 11.6 Å². The minimum atomic E-state index is -0.112. The summed E-state index contributed by atoms with van der Waals surface area (Å²) in [6.07, 6.45) is 0. The van der Waals surface area contributed by atoms with E-state index in [1.807, 2.05) is 6.92 Å². The van der Waals surface area contributed by atoms with Gasteiger partial charge in [-0.15, -0.1) is 0 Å². The van der Waals surface area contributed by atoms with E-state index in [0.717, 1.165) is 13.1 Å². The minimum absolute atomic E-state index is 0.112. The Morgan fingerprint density at radius 1 is 1.61 bits per heavy atom. The van der Waals surface area contributed by atoms with Crippen LogP contribution in [0.1, 0.15) is 12.5 Å². The molecule has 2 rings (SSSR count). The molecule has 2 amide bonds. The summed E-state index contributed by atoms with van der Waals surface area (Å²) >= 11 is 0. The monoisotopic (exact) mass is 244 g/mol. The number of anilines is 1. The van der Waals surface area contributed by atoms with Crippen molar-refractivity contribution in [3.8, 4) is 6.07 Å². The Kier molecular flexibility index (Phi) is 3.80. The first-order chi connectivity index (χ1) is 8.70. The lowest BCUT2D eigenvalue weighted by molar-refractivity contribution is 0.177. The normalized spacial score (nSPS) is 19.1. The number of carbonyl (C=O) groups is 1. The molecule has 1 aromatic carbocycles. The molecule has 1 heterocycles. The van der Waals surface area contributed by atoms with E-state index < -0.39 is 0 Å². The second kappa shape index (κ2) is 5.52. The third-order valence-corrected chi connectivity index (χ3v) is 3.01. The highest BCUT2D eigenvalue weighted by Gasteiger charge is 2.22. The molecule has 2 N–H and O–H groups in total. The van der Waals surface area contributed by atoms with Gasteiger partial charge in [-0.3, -0.25) is 0 Å². The molecule has 0 radical (unpaired) electrons. The maximum Gasteiger partial charge on any atom is 0.322 e. The second-order valence-electron chi connectivity index (χ2n) is 4.37. The number of carbonyl (C=O) groups excluding carboxylic acids is 1. The summed E-state index contributed by atoms with van der Waals surface area (Å²) in [6, 6.07) is 9.05. The molecule has 94 valence electrons. The third-order valence-electron chi connectivity index (χ3n) is 3.01. The molecule has 1 aliphatic rings. The molecular formula is C13H16N4O. The van der Waals surface area contributed by atoms with Crippen molar-refractivity contribution in [1.82, 2.24) is 10.2 Å². The van der Waals surface area contributed by atoms with Gasteiger partial charge in [0.1, 0.15) is 0 Å². The number of nitrogens with one attached hydrogen (secondary N) is 2. The van der Waals surface area contributed by atoms with Crippen LogP contribution in [0.2, 0.25) is 0 Å². The lowest BCUT2D eigenvalue weighted by Crippen LogP contribution is -2.53. The first-order valence-electron chi connectivity index (χ1n) is 5.99. The molecule has 0 aliphatic carbocycles. The van der Waals surface area contributed by atoms with Crippen LogP contribution in [-0.4, -0.2) is 36.6 Å². The van der Waals surface area contributed by atoms with Crippen molar-refractivity contribution in [2.24, 2.45) is 0 Å². The van der Waals surface area contributed by atoms with Gasteiger partial charge in [-0.1, -0.05) is 6.07 Å². The number of nitrogens with zero attached hydrogens (tertiary/aromatic N) is 2. The Labute approximate surface area is 106 Å². The van der Waals surface area contributed by atoms with Gasteiger partial charge >= 0.3 is 6.03 Å². The number of hydrogen-bond acceptors (Lipinski definition) is 3. The quantitative estimate of drug-likeness (QED) is 0.784. The number of urea groups is 1. The van der Waals surface area contributed by atoms with Gasteiger partial charge in [-0.25, -0.2) is 4.79 Å². The molecule has 5 heteroatoms. The number of hydrogen-bond donors (Lipinski definition) is 2. The van der Waals surface area contributed by atoms with Crippen LogP contribution < -0.4 is 10.6 Å². The average Bonchev–Trinajstić information content (AvgIpc) is 2.39. The zero-order valence-corrected chi connectivity index (χ0v) is 10.3. The van der Waals surface area contributed by atoms with Crippen molar-refractivity contribution in [1.29, 1.82) is 5.26 Å². The molecule has 0 aromatic heterocycles. The Bertz CT molecular complexity index is 480. The topological polar surface area (TPSA) is 68.2 Å². The smallest absolute Gasteiger partial charge is 0.319 e. The lowest BCUT2D eigenvalue weighted by Gasteiger charge is -2.33. The zero-order chi connectivity index (χ0) is 13.0. The summed E-state index contributed by atoms with van der Waals surface area (Å²) in [7, 11) is 0. The first-order valence-corrected chi connectivity index (χ1v) is 5.99. The molecule has 18 heavy (non-hydrogen) atoms. The van der Waals surface area contributed by atoms with Crippen molar-refractivity contribution in [2.75, 3.05) is 25.0 Å². The predicted octanol–water partition coefficient (Wildman–Crippen LogP) is 1.38. The van der Waals surface area contributed by atoms with Crippen LogP contribution in [-0.2, 0) is 0 Å². The van der Waals surface area contributed by atoms with Crippen molar-refractivity contribution in [2.45, 2.75) is 13.0 Å². The fraction of sp³-hybridized carbons (Fsp3) is 0.385. The van der Waals surface area contributed by atoms with Gasteiger partial charge in [0.25, 0.3) is 0 Å². The van der Waals surface area contributed by atoms with Crippen LogP contribution in [0.3, 0.4) is 0 Å². The fourth-order valence-electron chi connectivity index (χ4n) is 2.00. The Morgan fingerprint density at radius 3 is 3.17 bits per heavy atom. The fourth-order valence-corrected chi connectivity index (χ4v) is 2.00. The van der Waals surface area contributed by atoms with Crippen molar-refractivity contribution >= 4 is 11.7 Å². The number of amides is 2. The van der Waals surface area contributed by atoms with Crippen molar-refractivity contribution < 1.29 is 4.79 Å². The Morgan fingerprint density at radius 2 is 2.44 bits per heavy atom. The van der Waals surface area contributed by atoms with Gasteiger partial charge in [0.2, 0.25) is 0 Å². The highest BCUT2D eigenvalue weighted by atomic mass is 16.2. The predicted molar refractivity (Wildman–Crippen MR) is 69.2 cm³/mol. The van der Waals surface area contributed by atoms with Crippen LogP contribution >= 0.6 is 0 Å². The van der Waals surface area contributed by atoms with E-state index in [1.54, 1.807) is 29.2 Å². The van der Waals surface area contributed by atoms with Crippen LogP contribution in [0, 0.1) is 11.3 Å². The highest BCUT2D eigenvalue weighted by Crippen LogP contribution is 2.12. The van der Waals surface area contributed by atoms with Crippen LogP contribution in [0.5, 0.6) is 0 Å². The summed E-state index contributed by atoms with van der Waals surface area (Å²) in [5.74, 6) is 0. The van der Waals surface area contributed by atoms with Gasteiger partial charge in [-0.05, 0) is 25.1 Å². The standard InChI is InChI=1S/C13H16N4O/c1-10-9-15-5-6-17(10)13(18)16-12-4-2-3-11(7-12)8-14/h2-4,7,10,15H,5-6,9H2,1H3,(H,16,18)/t10-/m0/s1. The lowest BCUT2D eigenvalue weighted by atomic mass is 10.2. The molecule has 0 unspecified atom stereocenters. The average molecular weight is 244 g/mol. The first kappa shape index (κ1) is 12.4. The molecule has 0 bridgehead atoms. The van der Waals surface area contributed by atoms with Gasteiger partial charge < -0.3 is 15.5 Å². The molecule has 1 saturated heterocycles. The largest absolute Gasteiger partial charge is 0.322 e. The SMILES string of the molecule is C[C@H]1CNCCN1C(=O)Nc1cccc(C#N)c1. The van der Waals surface area contributed by atoms with Gasteiger partial charge in [0.15, 0.2) is 0 Å². The van der Waals surface area contributed by atoms with E-state index in [0.29, 0.717) is 17.8 Å². The Hall–Kier alpha value is -2.06. The molecule has 5 nitrogen and oxygen atoms in total. The van der Waals surface area contributed by atoms with E-state index in [9.17, 15) is 4.79 Å². The van der Waals surface area contributed by atoms with E-state index in [-0.39, 0.29) is 12.1 Å². The number of piperazine rings is 1. The van der Waals surface area contributed by atoms with Crippen LogP contribution in [0.15, 0.2) is 24.3 Å². The van der Waals surface area contributed by atoms with E-state index >= 15 is 0 Å². The van der Waals surface area contributed by atoms with Crippen LogP contribution in [0.25, 0.3) is 0 Å². The van der Waals surface area contributed by atoms with Gasteiger partial charge in [-0.2, -0.15) is 5.26 Å². The van der Waals surface area contributed by atoms with E-state index in [4.69, 9.17) is 5.26 Å². The molecule has 1 aromatic rings. The summed E-state index contributed by atoms with van der Waals surface area (Å²) in [5.41, 5.74) is 1.20. The summed E-state index contributed by atoms with van der Waals surface area (Å²) in [5, 5.41) is 14.9. The molecule has 1 fully saturated rings. The molecule has 1 aliphatic heterocycles. The number of benzene rings is 1. The highest BCUT2D eigenvalue weighted by molar-refractivity contribution is 5.89. The van der Waals surface area contributed by atoms with E-state index in [2.05, 4.69) is 16.7 Å². The van der Waals surface area contributed by atoms with Gasteiger partial charge in [0, 0.05) is 31.4 Å². The zero-order valence-electron chi connectivity index (χ0n) is 10.3. The molecule has 0 spiro atoms.